The molecule has 3 atom stereocenters. The largest absolute Gasteiger partial charge is 0.508 e. The van der Waals surface area contributed by atoms with Crippen LogP contribution in [0, 0.1) is 18.8 Å². The fourth-order valence-electron chi connectivity index (χ4n) is 4.20. The van der Waals surface area contributed by atoms with Gasteiger partial charge in [0.25, 0.3) is 0 Å². The molecule has 0 saturated carbocycles. The zero-order valence-electron chi connectivity index (χ0n) is 15.6. The molecule has 2 aliphatic rings. The molecule has 0 saturated heterocycles. The molecule has 1 heterocycles. The van der Waals surface area contributed by atoms with Gasteiger partial charge in [-0.15, -0.1) is 0 Å². The van der Waals surface area contributed by atoms with Crippen molar-refractivity contribution >= 4 is 0 Å². The summed E-state index contributed by atoms with van der Waals surface area (Å²) in [7, 11) is 1.67. The molecule has 1 aliphatic carbocycles. The minimum atomic E-state index is 0.141. The Balaban J connectivity index is 1.79. The number of methoxy groups -OCH3 is 1. The third-order valence-electron chi connectivity index (χ3n) is 5.73. The highest BCUT2D eigenvalue weighted by atomic mass is 16.5. The maximum atomic E-state index is 10.1. The lowest BCUT2D eigenvalue weighted by atomic mass is 9.71. The number of rotatable bonds is 3. The van der Waals surface area contributed by atoms with Crippen molar-refractivity contribution in [2.75, 3.05) is 13.7 Å². The van der Waals surface area contributed by atoms with Crippen molar-refractivity contribution in [3.05, 3.63) is 77.1 Å². The van der Waals surface area contributed by atoms with E-state index in [1.54, 1.807) is 19.3 Å². The Morgan fingerprint density at radius 1 is 1.07 bits per heavy atom. The summed E-state index contributed by atoms with van der Waals surface area (Å²) in [6, 6.07) is 11.9. The van der Waals surface area contributed by atoms with E-state index in [1.807, 2.05) is 31.2 Å². The highest BCUT2D eigenvalue weighted by Gasteiger charge is 2.37. The van der Waals surface area contributed by atoms with Gasteiger partial charge in [-0.2, -0.15) is 0 Å². The van der Waals surface area contributed by atoms with Gasteiger partial charge in [-0.1, -0.05) is 24.3 Å². The van der Waals surface area contributed by atoms with E-state index in [9.17, 15) is 10.2 Å². The van der Waals surface area contributed by atoms with E-state index in [0.717, 1.165) is 29.0 Å². The van der Waals surface area contributed by atoms with Crippen molar-refractivity contribution in [3.8, 4) is 17.2 Å². The van der Waals surface area contributed by atoms with Gasteiger partial charge in [0.15, 0.2) is 0 Å². The van der Waals surface area contributed by atoms with E-state index in [-0.39, 0.29) is 23.5 Å². The van der Waals surface area contributed by atoms with Gasteiger partial charge in [-0.25, -0.2) is 0 Å². The molecule has 140 valence electrons. The summed E-state index contributed by atoms with van der Waals surface area (Å²) >= 11 is 0. The predicted molar refractivity (Wildman–Crippen MR) is 105 cm³/mol. The summed E-state index contributed by atoms with van der Waals surface area (Å²) < 4.78 is 11.4. The number of allylic oxidation sites excluding steroid dienone is 3. The van der Waals surface area contributed by atoms with Gasteiger partial charge >= 0.3 is 0 Å². The van der Waals surface area contributed by atoms with Gasteiger partial charge < -0.3 is 19.7 Å². The monoisotopic (exact) mass is 364 g/mol. The number of hydrogen-bond donors (Lipinski definition) is 2. The number of fused-ring (bicyclic) bond motifs is 1. The molecular formula is C23H24O4. The van der Waals surface area contributed by atoms with Crippen LogP contribution in [-0.4, -0.2) is 23.9 Å². The normalized spacial score (nSPS) is 23.9. The van der Waals surface area contributed by atoms with Crippen LogP contribution < -0.4 is 9.47 Å². The third-order valence-corrected chi connectivity index (χ3v) is 5.73. The van der Waals surface area contributed by atoms with Crippen LogP contribution in [0.1, 0.15) is 29.0 Å². The molecule has 2 aromatic carbocycles. The van der Waals surface area contributed by atoms with E-state index in [2.05, 4.69) is 18.2 Å². The fraction of sp³-hybridized carbons (Fsp3) is 0.304. The van der Waals surface area contributed by atoms with Crippen LogP contribution in [0.4, 0.5) is 0 Å². The molecule has 0 fully saturated rings. The predicted octanol–water partition coefficient (Wildman–Crippen LogP) is 4.87. The molecule has 0 aromatic heterocycles. The Bertz CT molecular complexity index is 895. The summed E-state index contributed by atoms with van der Waals surface area (Å²) in [6.45, 7) is 2.46. The van der Waals surface area contributed by atoms with Crippen LogP contribution in [0.3, 0.4) is 0 Å². The van der Waals surface area contributed by atoms with Crippen LogP contribution in [-0.2, 0) is 0 Å². The van der Waals surface area contributed by atoms with Crippen LogP contribution in [0.2, 0.25) is 0 Å². The molecule has 0 amide bonds. The topological polar surface area (TPSA) is 58.9 Å². The first-order chi connectivity index (χ1) is 13.1. The summed E-state index contributed by atoms with van der Waals surface area (Å²) in [5.74, 6) is 2.84. The van der Waals surface area contributed by atoms with Gasteiger partial charge in [-0.3, -0.25) is 0 Å². The molecule has 2 N–H and O–H groups in total. The maximum Gasteiger partial charge on any atom is 0.129 e. The maximum absolute atomic E-state index is 10.1. The molecule has 4 nitrogen and oxygen atoms in total. The fourth-order valence-corrected chi connectivity index (χ4v) is 4.20. The Hall–Kier alpha value is -2.88. The number of aromatic hydroxyl groups is 1. The molecule has 1 unspecified atom stereocenters. The summed E-state index contributed by atoms with van der Waals surface area (Å²) in [6.07, 6.45) is 6.51. The van der Waals surface area contributed by atoms with Crippen molar-refractivity contribution in [3.63, 3.8) is 0 Å². The number of hydrogen-bond acceptors (Lipinski definition) is 4. The first kappa shape index (κ1) is 17.5. The standard InChI is InChI=1S/C23H24O4/c1-14-21(25)12-11-19-22(16-5-9-18(26-2)10-6-16)20(13-27-23(14)19)15-3-7-17(24)8-4-15/h3,5-12,15,20,22,24-25H,4,13H2,1-2H3/t15?,20-,22-/m1/s1. The summed E-state index contributed by atoms with van der Waals surface area (Å²) in [5, 5.41) is 19.8. The second kappa shape index (κ2) is 7.03. The van der Waals surface area contributed by atoms with Crippen molar-refractivity contribution < 1.29 is 19.7 Å². The molecule has 4 heteroatoms. The lowest BCUT2D eigenvalue weighted by Gasteiger charge is -2.38. The minimum absolute atomic E-state index is 0.141. The van der Waals surface area contributed by atoms with Crippen molar-refractivity contribution in [1.82, 2.24) is 0 Å². The number of aliphatic hydroxyl groups excluding tert-OH is 1. The number of phenols is 1. The smallest absolute Gasteiger partial charge is 0.129 e. The molecule has 0 radical (unpaired) electrons. The average Bonchev–Trinajstić information content (AvgIpc) is 2.71. The van der Waals surface area contributed by atoms with E-state index in [4.69, 9.17) is 9.47 Å². The van der Waals surface area contributed by atoms with E-state index in [0.29, 0.717) is 12.4 Å². The van der Waals surface area contributed by atoms with Crippen molar-refractivity contribution in [2.24, 2.45) is 11.8 Å². The molecule has 4 rings (SSSR count). The van der Waals surface area contributed by atoms with Gasteiger partial charge in [0.05, 0.1) is 13.7 Å². The van der Waals surface area contributed by atoms with Crippen LogP contribution in [0.25, 0.3) is 0 Å². The lowest BCUT2D eigenvalue weighted by Crippen LogP contribution is -2.32. The Morgan fingerprint density at radius 2 is 1.85 bits per heavy atom. The quantitative estimate of drug-likeness (QED) is 0.816. The van der Waals surface area contributed by atoms with Crippen LogP contribution >= 0.6 is 0 Å². The highest BCUT2D eigenvalue weighted by molar-refractivity contribution is 5.54. The number of ether oxygens (including phenoxy) is 2. The van der Waals surface area contributed by atoms with E-state index < -0.39 is 0 Å². The molecular weight excluding hydrogens is 340 g/mol. The molecule has 27 heavy (non-hydrogen) atoms. The van der Waals surface area contributed by atoms with Crippen LogP contribution in [0.15, 0.2) is 60.4 Å². The minimum Gasteiger partial charge on any atom is -0.508 e. The van der Waals surface area contributed by atoms with Gasteiger partial charge in [0, 0.05) is 23.0 Å². The molecule has 0 bridgehead atoms. The highest BCUT2D eigenvalue weighted by Crippen LogP contribution is 2.48. The first-order valence-electron chi connectivity index (χ1n) is 9.25. The SMILES string of the molecule is COc1ccc([C@@H]2c3ccc(O)c(C)c3OC[C@@H]2C2C=CC(O)=CC2)cc1. The van der Waals surface area contributed by atoms with Crippen molar-refractivity contribution in [2.45, 2.75) is 19.3 Å². The second-order valence-corrected chi connectivity index (χ2v) is 7.24. The first-order valence-corrected chi connectivity index (χ1v) is 9.25. The van der Waals surface area contributed by atoms with E-state index in [1.165, 1.54) is 5.56 Å². The number of benzene rings is 2. The number of phenolic OH excluding ortho intramolecular Hbond substituents is 1. The lowest BCUT2D eigenvalue weighted by molar-refractivity contribution is 0.168. The zero-order valence-corrected chi connectivity index (χ0v) is 15.6. The molecule has 2 aromatic rings. The van der Waals surface area contributed by atoms with E-state index >= 15 is 0 Å². The number of aliphatic hydroxyl groups is 1. The Kier molecular flexibility index (Phi) is 4.56. The van der Waals surface area contributed by atoms with Gasteiger partial charge in [0.1, 0.15) is 23.0 Å². The zero-order chi connectivity index (χ0) is 19.0. The third kappa shape index (κ3) is 3.16. The Labute approximate surface area is 159 Å². The van der Waals surface area contributed by atoms with Crippen LogP contribution in [0.5, 0.6) is 17.2 Å². The average molecular weight is 364 g/mol. The Morgan fingerprint density at radius 3 is 2.52 bits per heavy atom. The molecule has 0 spiro atoms. The summed E-state index contributed by atoms with van der Waals surface area (Å²) in [4.78, 5) is 0. The second-order valence-electron chi connectivity index (χ2n) is 7.24. The molecule has 1 aliphatic heterocycles. The van der Waals surface area contributed by atoms with Gasteiger partial charge in [-0.05, 0) is 55.2 Å². The van der Waals surface area contributed by atoms with Crippen molar-refractivity contribution in [1.29, 1.82) is 0 Å². The van der Waals surface area contributed by atoms with Gasteiger partial charge in [0.2, 0.25) is 0 Å². The summed E-state index contributed by atoms with van der Waals surface area (Å²) in [5.41, 5.74) is 3.07.